The van der Waals surface area contributed by atoms with Gasteiger partial charge in [0.25, 0.3) is 0 Å². The number of hydrogen-bond acceptors (Lipinski definition) is 4. The Morgan fingerprint density at radius 1 is 1.26 bits per heavy atom. The second-order valence-electron chi connectivity index (χ2n) is 6.93. The Hall–Kier alpha value is -0.160. The Balaban J connectivity index is 2.05. The highest BCUT2D eigenvalue weighted by molar-refractivity contribution is 4.98. The van der Waals surface area contributed by atoms with Crippen molar-refractivity contribution in [3.8, 4) is 0 Å². The van der Waals surface area contributed by atoms with Gasteiger partial charge in [-0.3, -0.25) is 16.2 Å². The Kier molecular flexibility index (Phi) is 5.23. The monoisotopic (exact) mass is 269 g/mol. The molecule has 0 bridgehead atoms. The Labute approximate surface area is 118 Å². The second kappa shape index (κ2) is 6.53. The van der Waals surface area contributed by atoms with E-state index < -0.39 is 0 Å². The molecule has 1 aliphatic heterocycles. The van der Waals surface area contributed by atoms with Crippen LogP contribution in [-0.4, -0.2) is 42.8 Å². The first-order chi connectivity index (χ1) is 9.05. The molecule has 4 nitrogen and oxygen atoms in total. The standard InChI is InChI=1S/C15H31N3O/c1-12-5-4-6-13(11-12)14(17-16)15(2,3)18-7-9-19-10-8-18/h12-14,17H,4-11,16H2,1-3H3. The highest BCUT2D eigenvalue weighted by atomic mass is 16.5. The van der Waals surface area contributed by atoms with Gasteiger partial charge in [0, 0.05) is 24.7 Å². The van der Waals surface area contributed by atoms with Crippen molar-refractivity contribution in [3.63, 3.8) is 0 Å². The first-order valence-electron chi connectivity index (χ1n) is 7.84. The highest BCUT2D eigenvalue weighted by Crippen LogP contribution is 2.36. The molecule has 19 heavy (non-hydrogen) atoms. The maximum absolute atomic E-state index is 5.93. The third-order valence-electron chi connectivity index (χ3n) is 5.22. The van der Waals surface area contributed by atoms with Crippen molar-refractivity contribution in [2.24, 2.45) is 17.7 Å². The molecule has 0 radical (unpaired) electrons. The summed E-state index contributed by atoms with van der Waals surface area (Å²) >= 11 is 0. The van der Waals surface area contributed by atoms with Crippen LogP contribution in [0.4, 0.5) is 0 Å². The fraction of sp³-hybridized carbons (Fsp3) is 1.00. The Morgan fingerprint density at radius 2 is 1.95 bits per heavy atom. The van der Waals surface area contributed by atoms with E-state index in [4.69, 9.17) is 10.6 Å². The average Bonchev–Trinajstić information content (AvgIpc) is 2.40. The van der Waals surface area contributed by atoms with Crippen LogP contribution in [0, 0.1) is 11.8 Å². The number of hydrogen-bond donors (Lipinski definition) is 2. The van der Waals surface area contributed by atoms with E-state index in [0.717, 1.165) is 32.2 Å². The third kappa shape index (κ3) is 3.48. The molecule has 112 valence electrons. The van der Waals surface area contributed by atoms with Gasteiger partial charge in [0.1, 0.15) is 0 Å². The van der Waals surface area contributed by atoms with E-state index in [9.17, 15) is 0 Å². The van der Waals surface area contributed by atoms with Crippen molar-refractivity contribution in [3.05, 3.63) is 0 Å². The molecule has 1 saturated carbocycles. The molecular formula is C15H31N3O. The van der Waals surface area contributed by atoms with Gasteiger partial charge in [-0.05, 0) is 38.5 Å². The van der Waals surface area contributed by atoms with Gasteiger partial charge in [-0.15, -0.1) is 0 Å². The van der Waals surface area contributed by atoms with Crippen LogP contribution in [0.1, 0.15) is 46.5 Å². The lowest BCUT2D eigenvalue weighted by Crippen LogP contribution is -2.64. The minimum atomic E-state index is 0.0975. The molecule has 1 saturated heterocycles. The number of hydrazine groups is 1. The number of nitrogens with one attached hydrogen (secondary N) is 1. The topological polar surface area (TPSA) is 50.5 Å². The molecule has 0 aromatic rings. The lowest BCUT2D eigenvalue weighted by Gasteiger charge is -2.49. The molecular weight excluding hydrogens is 238 g/mol. The van der Waals surface area contributed by atoms with Crippen LogP contribution < -0.4 is 11.3 Å². The summed E-state index contributed by atoms with van der Waals surface area (Å²) in [4.78, 5) is 2.54. The van der Waals surface area contributed by atoms with Crippen LogP contribution >= 0.6 is 0 Å². The zero-order valence-corrected chi connectivity index (χ0v) is 12.8. The van der Waals surface area contributed by atoms with E-state index >= 15 is 0 Å². The first-order valence-corrected chi connectivity index (χ1v) is 7.84. The van der Waals surface area contributed by atoms with Crippen LogP contribution in [0.5, 0.6) is 0 Å². The number of nitrogens with two attached hydrogens (primary N) is 1. The van der Waals surface area contributed by atoms with Gasteiger partial charge < -0.3 is 4.74 Å². The predicted octanol–water partition coefficient (Wildman–Crippen LogP) is 1.76. The van der Waals surface area contributed by atoms with Crippen molar-refractivity contribution >= 4 is 0 Å². The van der Waals surface area contributed by atoms with Crippen molar-refractivity contribution < 1.29 is 4.74 Å². The van der Waals surface area contributed by atoms with Gasteiger partial charge >= 0.3 is 0 Å². The van der Waals surface area contributed by atoms with Crippen molar-refractivity contribution in [2.45, 2.75) is 58.0 Å². The quantitative estimate of drug-likeness (QED) is 0.603. The molecule has 1 heterocycles. The molecule has 2 fully saturated rings. The molecule has 0 aromatic heterocycles. The Morgan fingerprint density at radius 3 is 2.53 bits per heavy atom. The molecule has 3 atom stereocenters. The molecule has 1 aliphatic carbocycles. The largest absolute Gasteiger partial charge is 0.379 e. The normalized spacial score (nSPS) is 32.2. The fourth-order valence-corrected chi connectivity index (χ4v) is 4.04. The average molecular weight is 269 g/mol. The predicted molar refractivity (Wildman–Crippen MR) is 78.7 cm³/mol. The number of rotatable bonds is 4. The zero-order valence-electron chi connectivity index (χ0n) is 12.8. The first kappa shape index (κ1) is 15.2. The van der Waals surface area contributed by atoms with Crippen molar-refractivity contribution in [2.75, 3.05) is 26.3 Å². The van der Waals surface area contributed by atoms with E-state index in [1.165, 1.54) is 25.7 Å². The van der Waals surface area contributed by atoms with E-state index in [0.29, 0.717) is 12.0 Å². The van der Waals surface area contributed by atoms with Crippen LogP contribution in [0.25, 0.3) is 0 Å². The lowest BCUT2D eigenvalue weighted by molar-refractivity contribution is -0.0359. The van der Waals surface area contributed by atoms with Gasteiger partial charge in [0.05, 0.1) is 13.2 Å². The summed E-state index contributed by atoms with van der Waals surface area (Å²) in [6.45, 7) is 10.8. The van der Waals surface area contributed by atoms with Crippen molar-refractivity contribution in [1.29, 1.82) is 0 Å². The SMILES string of the molecule is CC1CCCC(C(NN)C(C)(C)N2CCOCC2)C1. The minimum absolute atomic E-state index is 0.0975. The molecule has 3 unspecified atom stereocenters. The summed E-state index contributed by atoms with van der Waals surface area (Å²) in [5, 5.41) is 0. The molecule has 0 spiro atoms. The molecule has 2 aliphatic rings. The van der Waals surface area contributed by atoms with Gasteiger partial charge in [0.2, 0.25) is 0 Å². The third-order valence-corrected chi connectivity index (χ3v) is 5.22. The van der Waals surface area contributed by atoms with Crippen LogP contribution in [0.2, 0.25) is 0 Å². The Bertz CT molecular complexity index is 277. The number of nitrogens with zero attached hydrogens (tertiary/aromatic N) is 1. The fourth-order valence-electron chi connectivity index (χ4n) is 4.04. The summed E-state index contributed by atoms with van der Waals surface area (Å²) in [5.41, 5.74) is 3.24. The lowest BCUT2D eigenvalue weighted by atomic mass is 9.73. The summed E-state index contributed by atoms with van der Waals surface area (Å²) in [6.07, 6.45) is 5.35. The summed E-state index contributed by atoms with van der Waals surface area (Å²) in [6, 6.07) is 0.369. The summed E-state index contributed by atoms with van der Waals surface area (Å²) in [7, 11) is 0. The molecule has 0 amide bonds. The molecule has 4 heteroatoms. The van der Waals surface area contributed by atoms with Crippen LogP contribution in [-0.2, 0) is 4.74 Å². The van der Waals surface area contributed by atoms with Gasteiger partial charge in [-0.25, -0.2) is 0 Å². The zero-order chi connectivity index (χ0) is 13.9. The number of ether oxygens (including phenoxy) is 1. The highest BCUT2D eigenvalue weighted by Gasteiger charge is 2.41. The van der Waals surface area contributed by atoms with E-state index in [1.54, 1.807) is 0 Å². The van der Waals surface area contributed by atoms with Crippen molar-refractivity contribution in [1.82, 2.24) is 10.3 Å². The maximum atomic E-state index is 5.93. The molecule has 2 rings (SSSR count). The van der Waals surface area contributed by atoms with Gasteiger partial charge in [0.15, 0.2) is 0 Å². The second-order valence-corrected chi connectivity index (χ2v) is 6.93. The van der Waals surface area contributed by atoms with Crippen LogP contribution in [0.15, 0.2) is 0 Å². The maximum Gasteiger partial charge on any atom is 0.0594 e. The van der Waals surface area contributed by atoms with Gasteiger partial charge in [-0.1, -0.05) is 19.8 Å². The molecule has 0 aromatic carbocycles. The minimum Gasteiger partial charge on any atom is -0.379 e. The van der Waals surface area contributed by atoms with Gasteiger partial charge in [-0.2, -0.15) is 0 Å². The number of morpholine rings is 1. The molecule has 3 N–H and O–H groups in total. The van der Waals surface area contributed by atoms with E-state index in [-0.39, 0.29) is 5.54 Å². The van der Waals surface area contributed by atoms with E-state index in [2.05, 4.69) is 31.1 Å². The van der Waals surface area contributed by atoms with E-state index in [1.807, 2.05) is 0 Å². The summed E-state index contributed by atoms with van der Waals surface area (Å²) < 4.78 is 5.48. The summed E-state index contributed by atoms with van der Waals surface area (Å²) in [5.74, 6) is 7.48. The smallest absolute Gasteiger partial charge is 0.0594 e. The van der Waals surface area contributed by atoms with Crippen LogP contribution in [0.3, 0.4) is 0 Å².